The van der Waals surface area contributed by atoms with Crippen LogP contribution in [0.5, 0.6) is 0 Å². The van der Waals surface area contributed by atoms with Crippen molar-refractivity contribution in [3.05, 3.63) is 29.0 Å². The van der Waals surface area contributed by atoms with Gasteiger partial charge >= 0.3 is 0 Å². The molecule has 2 N–H and O–H groups in total. The van der Waals surface area contributed by atoms with Crippen molar-refractivity contribution in [1.29, 1.82) is 0 Å². The molecule has 0 aromatic heterocycles. The quantitative estimate of drug-likeness (QED) is 0.873. The molecule has 1 aliphatic rings. The SMILES string of the molecule is C[C@@H]1CCCC[NH+]1CC(=O)Nc1ccc(F)cc1Cl. The predicted octanol–water partition coefficient (Wildman–Crippen LogP) is 1.87. The van der Waals surface area contributed by atoms with Crippen LogP contribution < -0.4 is 10.2 Å². The first-order chi connectivity index (χ1) is 9.06. The third-order valence-corrected chi connectivity index (χ3v) is 3.99. The predicted molar refractivity (Wildman–Crippen MR) is 74.0 cm³/mol. The number of nitrogens with one attached hydrogen (secondary N) is 2. The summed E-state index contributed by atoms with van der Waals surface area (Å²) < 4.78 is 12.9. The Morgan fingerprint density at radius 1 is 1.53 bits per heavy atom. The second-order valence-corrected chi connectivity index (χ2v) is 5.56. The Hall–Kier alpha value is -1.13. The average molecular weight is 286 g/mol. The molecule has 0 saturated carbocycles. The maximum Gasteiger partial charge on any atom is 0.279 e. The molecule has 2 rings (SSSR count). The van der Waals surface area contributed by atoms with Gasteiger partial charge in [0.25, 0.3) is 5.91 Å². The van der Waals surface area contributed by atoms with Crippen LogP contribution >= 0.6 is 11.6 Å². The number of anilines is 1. The average Bonchev–Trinajstić information content (AvgIpc) is 2.36. The maximum atomic E-state index is 12.9. The molecule has 1 aliphatic heterocycles. The van der Waals surface area contributed by atoms with Crippen molar-refractivity contribution in [2.45, 2.75) is 32.2 Å². The van der Waals surface area contributed by atoms with Crippen LogP contribution in [0, 0.1) is 5.82 Å². The van der Waals surface area contributed by atoms with Crippen molar-refractivity contribution in [3.63, 3.8) is 0 Å². The Morgan fingerprint density at radius 3 is 3.00 bits per heavy atom. The molecule has 1 aromatic carbocycles. The van der Waals surface area contributed by atoms with Gasteiger partial charge in [0, 0.05) is 0 Å². The van der Waals surface area contributed by atoms with Gasteiger partial charge in [-0.2, -0.15) is 0 Å². The summed E-state index contributed by atoms with van der Waals surface area (Å²) in [7, 11) is 0. The molecule has 2 atom stereocenters. The normalized spacial score (nSPS) is 23.1. The fraction of sp³-hybridized carbons (Fsp3) is 0.500. The highest BCUT2D eigenvalue weighted by molar-refractivity contribution is 6.33. The van der Waals surface area contributed by atoms with Crippen molar-refractivity contribution >= 4 is 23.2 Å². The molecule has 0 radical (unpaired) electrons. The summed E-state index contributed by atoms with van der Waals surface area (Å²) in [5.74, 6) is -0.476. The number of carbonyl (C=O) groups is 1. The summed E-state index contributed by atoms with van der Waals surface area (Å²) >= 11 is 5.88. The van der Waals surface area contributed by atoms with Crippen LogP contribution in [0.1, 0.15) is 26.2 Å². The van der Waals surface area contributed by atoms with E-state index in [9.17, 15) is 9.18 Å². The van der Waals surface area contributed by atoms with Gasteiger partial charge in [-0.3, -0.25) is 4.79 Å². The molecule has 0 aliphatic carbocycles. The fourth-order valence-corrected chi connectivity index (χ4v) is 2.72. The van der Waals surface area contributed by atoms with E-state index in [1.807, 2.05) is 0 Å². The van der Waals surface area contributed by atoms with Gasteiger partial charge in [-0.15, -0.1) is 0 Å². The van der Waals surface area contributed by atoms with Gasteiger partial charge in [-0.05, 0) is 44.4 Å². The highest BCUT2D eigenvalue weighted by Gasteiger charge is 2.24. The topological polar surface area (TPSA) is 33.5 Å². The van der Waals surface area contributed by atoms with E-state index in [-0.39, 0.29) is 10.9 Å². The van der Waals surface area contributed by atoms with Gasteiger partial charge in [-0.1, -0.05) is 11.6 Å². The zero-order valence-corrected chi connectivity index (χ0v) is 11.8. The highest BCUT2D eigenvalue weighted by Crippen LogP contribution is 2.22. The molecule has 1 fully saturated rings. The second kappa shape index (κ2) is 6.35. The van der Waals surface area contributed by atoms with Gasteiger partial charge in [0.15, 0.2) is 6.54 Å². The smallest absolute Gasteiger partial charge is 0.279 e. The van der Waals surface area contributed by atoms with Crippen molar-refractivity contribution in [2.75, 3.05) is 18.4 Å². The highest BCUT2D eigenvalue weighted by atomic mass is 35.5. The third kappa shape index (κ3) is 3.91. The number of hydrogen-bond acceptors (Lipinski definition) is 1. The van der Waals surface area contributed by atoms with Crippen LogP contribution in [-0.4, -0.2) is 25.0 Å². The van der Waals surface area contributed by atoms with E-state index in [0.29, 0.717) is 18.3 Å². The lowest BCUT2D eigenvalue weighted by Gasteiger charge is -2.29. The number of likely N-dealkylation sites (tertiary alicyclic amines) is 1. The van der Waals surface area contributed by atoms with E-state index in [1.165, 1.54) is 42.4 Å². The zero-order chi connectivity index (χ0) is 13.8. The Labute approximate surface area is 117 Å². The second-order valence-electron chi connectivity index (χ2n) is 5.15. The zero-order valence-electron chi connectivity index (χ0n) is 11.0. The summed E-state index contributed by atoms with van der Waals surface area (Å²) in [5, 5.41) is 2.98. The summed E-state index contributed by atoms with van der Waals surface area (Å²) in [5.41, 5.74) is 0.470. The number of benzene rings is 1. The minimum Gasteiger partial charge on any atom is -0.325 e. The molecule has 104 valence electrons. The molecule has 1 unspecified atom stereocenters. The molecule has 1 aromatic rings. The number of halogens is 2. The lowest BCUT2D eigenvalue weighted by atomic mass is 10.0. The van der Waals surface area contributed by atoms with Crippen molar-refractivity contribution in [3.8, 4) is 0 Å². The van der Waals surface area contributed by atoms with Crippen LogP contribution in [-0.2, 0) is 4.79 Å². The van der Waals surface area contributed by atoms with Crippen molar-refractivity contribution < 1.29 is 14.1 Å². The molecular formula is C14H19ClFN2O+. The molecule has 3 nitrogen and oxygen atoms in total. The summed E-state index contributed by atoms with van der Waals surface area (Å²) in [6.07, 6.45) is 3.58. The first kappa shape index (κ1) is 14.3. The van der Waals surface area contributed by atoms with Crippen molar-refractivity contribution in [2.24, 2.45) is 0 Å². The molecule has 1 amide bonds. The number of piperidine rings is 1. The number of rotatable bonds is 3. The third-order valence-electron chi connectivity index (χ3n) is 3.67. The lowest BCUT2D eigenvalue weighted by Crippen LogP contribution is -3.17. The summed E-state index contributed by atoms with van der Waals surface area (Å²) in [4.78, 5) is 13.3. The molecule has 0 spiro atoms. The molecule has 0 bridgehead atoms. The minimum absolute atomic E-state index is 0.0720. The van der Waals surface area contributed by atoms with Gasteiger partial charge in [0.1, 0.15) is 5.82 Å². The first-order valence-corrected chi connectivity index (χ1v) is 7.03. The van der Waals surface area contributed by atoms with Crippen LogP contribution in [0.4, 0.5) is 10.1 Å². The maximum absolute atomic E-state index is 12.9. The van der Waals surface area contributed by atoms with E-state index in [0.717, 1.165) is 6.54 Å². The summed E-state index contributed by atoms with van der Waals surface area (Å²) in [6.45, 7) is 3.65. The van der Waals surface area contributed by atoms with E-state index < -0.39 is 5.82 Å². The minimum atomic E-state index is -0.404. The van der Waals surface area contributed by atoms with Crippen molar-refractivity contribution in [1.82, 2.24) is 0 Å². The Kier molecular flexibility index (Phi) is 4.77. The number of amides is 1. The largest absolute Gasteiger partial charge is 0.325 e. The van der Waals surface area contributed by atoms with E-state index in [2.05, 4.69) is 12.2 Å². The van der Waals surface area contributed by atoms with Gasteiger partial charge in [-0.25, -0.2) is 4.39 Å². The van der Waals surface area contributed by atoms with Crippen LogP contribution in [0.25, 0.3) is 0 Å². The van der Waals surface area contributed by atoms with E-state index in [4.69, 9.17) is 11.6 Å². The van der Waals surface area contributed by atoms with Gasteiger partial charge in [0.05, 0.1) is 23.3 Å². The van der Waals surface area contributed by atoms with Crippen LogP contribution in [0.3, 0.4) is 0 Å². The molecule has 1 saturated heterocycles. The van der Waals surface area contributed by atoms with Crippen LogP contribution in [0.15, 0.2) is 18.2 Å². The number of carbonyl (C=O) groups excluding carboxylic acids is 1. The first-order valence-electron chi connectivity index (χ1n) is 6.66. The fourth-order valence-electron chi connectivity index (χ4n) is 2.51. The Balaban J connectivity index is 1.93. The number of quaternary nitrogens is 1. The van der Waals surface area contributed by atoms with E-state index >= 15 is 0 Å². The number of hydrogen-bond donors (Lipinski definition) is 2. The molecule has 19 heavy (non-hydrogen) atoms. The monoisotopic (exact) mass is 285 g/mol. The van der Waals surface area contributed by atoms with Crippen LogP contribution in [0.2, 0.25) is 5.02 Å². The van der Waals surface area contributed by atoms with Gasteiger partial charge in [0.2, 0.25) is 0 Å². The summed E-state index contributed by atoms with van der Waals surface area (Å²) in [6, 6.07) is 4.50. The standard InChI is InChI=1S/C14H18ClFN2O/c1-10-4-2-3-7-18(10)9-14(19)17-13-6-5-11(16)8-12(13)15/h5-6,8,10H,2-4,7,9H2,1H3,(H,17,19)/p+1/t10-/m1/s1. The van der Waals surface area contributed by atoms with Gasteiger partial charge < -0.3 is 10.2 Å². The Bertz CT molecular complexity index is 467. The van der Waals surface area contributed by atoms with E-state index in [1.54, 1.807) is 0 Å². The molecule has 5 heteroatoms. The lowest BCUT2D eigenvalue weighted by molar-refractivity contribution is -0.920. The molecule has 1 heterocycles. The molecular weight excluding hydrogens is 267 g/mol. The Morgan fingerprint density at radius 2 is 2.32 bits per heavy atom.